The first kappa shape index (κ1) is 26.8. The van der Waals surface area contributed by atoms with E-state index < -0.39 is 0 Å². The van der Waals surface area contributed by atoms with Crippen molar-refractivity contribution in [3.8, 4) is 33.5 Å². The number of pyridine rings is 2. The van der Waals surface area contributed by atoms with E-state index >= 15 is 0 Å². The van der Waals surface area contributed by atoms with E-state index in [1.165, 1.54) is 65.3 Å². The molecule has 2 aromatic heterocycles. The number of nitrogens with zero attached hydrogens (tertiary/aromatic N) is 2. The standard InChI is InChI=1S/C46H28N2/c1-2-14-32-29(11-1)12-7-22-36(32)43-38-15-3-5-17-40(38)44(41-18-6-4-16-39(41)43)37-23-9-19-33-34(37)20-8-21-35(33)42-27-26-31-25-24-30-13-10-28-47-45(30)46(31)48-42/h1-28H. The first-order chi connectivity index (χ1) is 23.8. The Morgan fingerprint density at radius 3 is 1.44 bits per heavy atom. The van der Waals surface area contributed by atoms with Crippen molar-refractivity contribution in [3.63, 3.8) is 0 Å². The third kappa shape index (κ3) is 4.00. The molecule has 0 bridgehead atoms. The lowest BCUT2D eigenvalue weighted by Gasteiger charge is -2.20. The maximum absolute atomic E-state index is 5.23. The van der Waals surface area contributed by atoms with E-state index in [4.69, 9.17) is 9.97 Å². The summed E-state index contributed by atoms with van der Waals surface area (Å²) in [5, 5.41) is 12.1. The van der Waals surface area contributed by atoms with Crippen LogP contribution in [0.2, 0.25) is 0 Å². The molecule has 2 heterocycles. The van der Waals surface area contributed by atoms with Gasteiger partial charge in [0.15, 0.2) is 0 Å². The van der Waals surface area contributed by atoms with Gasteiger partial charge in [-0.2, -0.15) is 0 Å². The molecule has 48 heavy (non-hydrogen) atoms. The zero-order valence-electron chi connectivity index (χ0n) is 26.1. The van der Waals surface area contributed by atoms with Gasteiger partial charge in [-0.25, -0.2) is 4.98 Å². The summed E-state index contributed by atoms with van der Waals surface area (Å²) in [5.74, 6) is 0. The fourth-order valence-electron chi connectivity index (χ4n) is 7.78. The van der Waals surface area contributed by atoms with Crippen LogP contribution in [-0.4, -0.2) is 9.97 Å². The van der Waals surface area contributed by atoms with Gasteiger partial charge in [-0.05, 0) is 77.5 Å². The van der Waals surface area contributed by atoms with Gasteiger partial charge in [-0.3, -0.25) is 4.98 Å². The lowest BCUT2D eigenvalue weighted by atomic mass is 9.83. The van der Waals surface area contributed by atoms with Gasteiger partial charge in [-0.15, -0.1) is 0 Å². The highest BCUT2D eigenvalue weighted by Crippen LogP contribution is 2.47. The molecule has 2 heteroatoms. The molecule has 0 saturated carbocycles. The zero-order chi connectivity index (χ0) is 31.6. The van der Waals surface area contributed by atoms with Crippen LogP contribution in [0.4, 0.5) is 0 Å². The van der Waals surface area contributed by atoms with Gasteiger partial charge >= 0.3 is 0 Å². The smallest absolute Gasteiger partial charge is 0.0972 e. The van der Waals surface area contributed by atoms with E-state index in [9.17, 15) is 0 Å². The molecule has 0 spiro atoms. The summed E-state index contributed by atoms with van der Waals surface area (Å²) in [6.07, 6.45) is 1.85. The molecular formula is C46H28N2. The van der Waals surface area contributed by atoms with E-state index in [-0.39, 0.29) is 0 Å². The highest BCUT2D eigenvalue weighted by Gasteiger charge is 2.19. The van der Waals surface area contributed by atoms with Gasteiger partial charge in [-0.1, -0.05) is 152 Å². The highest BCUT2D eigenvalue weighted by atomic mass is 14.8. The lowest BCUT2D eigenvalue weighted by Crippen LogP contribution is -1.93. The normalized spacial score (nSPS) is 11.8. The molecule has 10 rings (SSSR count). The zero-order valence-corrected chi connectivity index (χ0v) is 26.1. The van der Waals surface area contributed by atoms with Gasteiger partial charge < -0.3 is 0 Å². The highest BCUT2D eigenvalue weighted by molar-refractivity contribution is 6.25. The third-order valence-corrected chi connectivity index (χ3v) is 9.89. The average Bonchev–Trinajstić information content (AvgIpc) is 3.16. The number of hydrogen-bond acceptors (Lipinski definition) is 2. The lowest BCUT2D eigenvalue weighted by molar-refractivity contribution is 1.37. The van der Waals surface area contributed by atoms with Crippen LogP contribution < -0.4 is 0 Å². The van der Waals surface area contributed by atoms with Crippen molar-refractivity contribution in [1.82, 2.24) is 9.97 Å². The molecule has 10 aromatic rings. The Morgan fingerprint density at radius 2 is 0.750 bits per heavy atom. The SMILES string of the molecule is c1ccc2c(-c3c4ccccc4c(-c4cccc5c(-c6ccc7ccc8cccnc8c7n6)cccc45)c4ccccc34)cccc2c1. The summed E-state index contributed by atoms with van der Waals surface area (Å²) >= 11 is 0. The van der Waals surface area contributed by atoms with Crippen LogP contribution >= 0.6 is 0 Å². The summed E-state index contributed by atoms with van der Waals surface area (Å²) in [6, 6.07) is 59.2. The summed E-state index contributed by atoms with van der Waals surface area (Å²) < 4.78 is 0. The number of hydrogen-bond donors (Lipinski definition) is 0. The van der Waals surface area contributed by atoms with Crippen LogP contribution in [0.1, 0.15) is 0 Å². The minimum atomic E-state index is 0.930. The minimum absolute atomic E-state index is 0.930. The molecule has 0 unspecified atom stereocenters. The maximum Gasteiger partial charge on any atom is 0.0972 e. The Labute approximate surface area is 277 Å². The van der Waals surface area contributed by atoms with Crippen LogP contribution in [0.15, 0.2) is 170 Å². The Balaban J connectivity index is 1.26. The molecule has 0 amide bonds. The number of benzene rings is 8. The topological polar surface area (TPSA) is 25.8 Å². The fraction of sp³-hybridized carbons (Fsp3) is 0. The predicted molar refractivity (Wildman–Crippen MR) is 203 cm³/mol. The Bertz CT molecular complexity index is 2840. The third-order valence-electron chi connectivity index (χ3n) is 9.89. The molecule has 0 N–H and O–H groups in total. The average molecular weight is 609 g/mol. The van der Waals surface area contributed by atoms with Crippen LogP contribution in [-0.2, 0) is 0 Å². The molecule has 0 aliphatic heterocycles. The second kappa shape index (κ2) is 10.6. The Kier molecular flexibility index (Phi) is 5.91. The van der Waals surface area contributed by atoms with Crippen LogP contribution in [0, 0.1) is 0 Å². The van der Waals surface area contributed by atoms with Gasteiger partial charge in [0.2, 0.25) is 0 Å². The van der Waals surface area contributed by atoms with Crippen molar-refractivity contribution in [3.05, 3.63) is 170 Å². The largest absolute Gasteiger partial charge is 0.254 e. The van der Waals surface area contributed by atoms with Crippen molar-refractivity contribution in [1.29, 1.82) is 0 Å². The van der Waals surface area contributed by atoms with Crippen molar-refractivity contribution in [2.45, 2.75) is 0 Å². The molecule has 8 aromatic carbocycles. The number of fused-ring (bicyclic) bond motifs is 7. The molecule has 0 aliphatic carbocycles. The first-order valence-corrected chi connectivity index (χ1v) is 16.4. The van der Waals surface area contributed by atoms with Gasteiger partial charge in [0.1, 0.15) is 0 Å². The first-order valence-electron chi connectivity index (χ1n) is 16.4. The second-order valence-corrected chi connectivity index (χ2v) is 12.5. The predicted octanol–water partition coefficient (Wildman–Crippen LogP) is 12.4. The summed E-state index contributed by atoms with van der Waals surface area (Å²) in [7, 11) is 0. The Morgan fingerprint density at radius 1 is 0.292 bits per heavy atom. The molecule has 0 saturated heterocycles. The van der Waals surface area contributed by atoms with Crippen LogP contribution in [0.3, 0.4) is 0 Å². The Hall–Kier alpha value is -6.38. The molecule has 222 valence electrons. The van der Waals surface area contributed by atoms with Gasteiger partial charge in [0.25, 0.3) is 0 Å². The molecular weight excluding hydrogens is 581 g/mol. The van der Waals surface area contributed by atoms with Gasteiger partial charge in [0, 0.05) is 22.5 Å². The fourth-order valence-corrected chi connectivity index (χ4v) is 7.78. The van der Waals surface area contributed by atoms with Crippen molar-refractivity contribution < 1.29 is 0 Å². The quantitative estimate of drug-likeness (QED) is 0.147. The molecule has 2 nitrogen and oxygen atoms in total. The van der Waals surface area contributed by atoms with E-state index in [0.717, 1.165) is 33.1 Å². The summed E-state index contributed by atoms with van der Waals surface area (Å²) in [4.78, 5) is 9.93. The minimum Gasteiger partial charge on any atom is -0.254 e. The second-order valence-electron chi connectivity index (χ2n) is 12.5. The monoisotopic (exact) mass is 608 g/mol. The summed E-state index contributed by atoms with van der Waals surface area (Å²) in [6.45, 7) is 0. The van der Waals surface area contributed by atoms with Crippen LogP contribution in [0.25, 0.3) is 98.4 Å². The van der Waals surface area contributed by atoms with E-state index in [1.807, 2.05) is 12.3 Å². The molecule has 0 atom stereocenters. The van der Waals surface area contributed by atoms with E-state index in [2.05, 4.69) is 158 Å². The van der Waals surface area contributed by atoms with Crippen LogP contribution in [0.5, 0.6) is 0 Å². The maximum atomic E-state index is 5.23. The van der Waals surface area contributed by atoms with E-state index in [1.54, 1.807) is 0 Å². The van der Waals surface area contributed by atoms with Crippen molar-refractivity contribution >= 4 is 64.9 Å². The number of rotatable bonds is 3. The van der Waals surface area contributed by atoms with Crippen molar-refractivity contribution in [2.24, 2.45) is 0 Å². The number of aromatic nitrogens is 2. The summed E-state index contributed by atoms with van der Waals surface area (Å²) in [5.41, 5.74) is 8.95. The molecule has 0 fully saturated rings. The van der Waals surface area contributed by atoms with Crippen molar-refractivity contribution in [2.75, 3.05) is 0 Å². The molecule has 0 aliphatic rings. The molecule has 0 radical (unpaired) electrons. The van der Waals surface area contributed by atoms with E-state index in [0.29, 0.717) is 0 Å². The van der Waals surface area contributed by atoms with Gasteiger partial charge in [0.05, 0.1) is 16.7 Å².